The third-order valence-electron chi connectivity index (χ3n) is 8.51. The molecule has 0 spiro atoms. The van der Waals surface area contributed by atoms with Crippen molar-refractivity contribution in [2.45, 2.75) is 69.0 Å². The molecule has 1 saturated carbocycles. The van der Waals surface area contributed by atoms with E-state index in [9.17, 15) is 18.0 Å². The number of sulfonamides is 1. The van der Waals surface area contributed by atoms with Crippen LogP contribution in [0, 0.1) is 6.92 Å². The summed E-state index contributed by atoms with van der Waals surface area (Å²) in [6.07, 6.45) is 5.27. The van der Waals surface area contributed by atoms with Gasteiger partial charge in [-0.15, -0.1) is 0 Å². The molecule has 246 valence electrons. The molecule has 0 heterocycles. The quantitative estimate of drug-likeness (QED) is 0.162. The Hall–Kier alpha value is -3.66. The van der Waals surface area contributed by atoms with Crippen LogP contribution < -0.4 is 9.62 Å². The van der Waals surface area contributed by atoms with Crippen molar-refractivity contribution in [3.8, 4) is 0 Å². The zero-order valence-electron chi connectivity index (χ0n) is 26.3. The Kier molecular flexibility index (Phi) is 11.8. The van der Waals surface area contributed by atoms with Crippen LogP contribution in [-0.2, 0) is 32.6 Å². The molecule has 0 unspecified atom stereocenters. The highest BCUT2D eigenvalue weighted by atomic mass is 79.9. The maximum Gasteiger partial charge on any atom is 0.264 e. The van der Waals surface area contributed by atoms with Crippen LogP contribution in [0.25, 0.3) is 0 Å². The second kappa shape index (κ2) is 16.0. The van der Waals surface area contributed by atoms with E-state index < -0.39 is 28.5 Å². The van der Waals surface area contributed by atoms with Crippen LogP contribution in [0.3, 0.4) is 0 Å². The predicted octanol–water partition coefficient (Wildman–Crippen LogP) is 7.70. The molecule has 1 fully saturated rings. The molecule has 10 heteroatoms. The van der Waals surface area contributed by atoms with Gasteiger partial charge < -0.3 is 10.2 Å². The number of anilines is 1. The summed E-state index contributed by atoms with van der Waals surface area (Å²) < 4.78 is 30.4. The average molecular weight is 737 g/mol. The highest BCUT2D eigenvalue weighted by Gasteiger charge is 2.36. The summed E-state index contributed by atoms with van der Waals surface area (Å²) >= 11 is 9.91. The van der Waals surface area contributed by atoms with Crippen LogP contribution in [-0.4, -0.2) is 43.8 Å². The molecule has 0 bridgehead atoms. The molecule has 2 amide bonds. The summed E-state index contributed by atoms with van der Waals surface area (Å²) in [6, 6.07) is 29.3. The molecule has 0 saturated heterocycles. The first-order chi connectivity index (χ1) is 22.6. The van der Waals surface area contributed by atoms with Crippen LogP contribution in [0.2, 0.25) is 5.02 Å². The SMILES string of the molecule is Cc1ccc(Cl)cc1N(CC(=O)N(Cc1cccc(Br)c1)[C@H](Cc1ccccc1)C(=O)NC1CCCCC1)S(=O)(=O)c1ccccc1. The lowest BCUT2D eigenvalue weighted by molar-refractivity contribution is -0.140. The van der Waals surface area contributed by atoms with Crippen LogP contribution in [0.15, 0.2) is 112 Å². The number of halogens is 2. The van der Waals surface area contributed by atoms with Gasteiger partial charge in [0.15, 0.2) is 0 Å². The van der Waals surface area contributed by atoms with Crippen molar-refractivity contribution in [1.82, 2.24) is 10.2 Å². The van der Waals surface area contributed by atoms with Gasteiger partial charge in [0.25, 0.3) is 10.0 Å². The molecule has 0 aromatic heterocycles. The Morgan fingerprint density at radius 2 is 1.53 bits per heavy atom. The van der Waals surface area contributed by atoms with E-state index in [2.05, 4.69) is 21.2 Å². The normalized spacial score (nSPS) is 14.3. The third-order valence-corrected chi connectivity index (χ3v) is 11.0. The smallest absolute Gasteiger partial charge is 0.264 e. The van der Waals surface area contributed by atoms with E-state index in [4.69, 9.17) is 11.6 Å². The van der Waals surface area contributed by atoms with Gasteiger partial charge >= 0.3 is 0 Å². The van der Waals surface area contributed by atoms with Gasteiger partial charge in [0.1, 0.15) is 12.6 Å². The van der Waals surface area contributed by atoms with E-state index in [0.717, 1.165) is 52.0 Å². The monoisotopic (exact) mass is 735 g/mol. The first-order valence-corrected chi connectivity index (χ1v) is 18.4. The van der Waals surface area contributed by atoms with Crippen molar-refractivity contribution in [3.63, 3.8) is 0 Å². The number of amides is 2. The fourth-order valence-electron chi connectivity index (χ4n) is 6.01. The fraction of sp³-hybridized carbons (Fsp3) is 0.297. The zero-order chi connectivity index (χ0) is 33.4. The molecule has 4 aromatic rings. The summed E-state index contributed by atoms with van der Waals surface area (Å²) in [6.45, 7) is 1.34. The summed E-state index contributed by atoms with van der Waals surface area (Å²) in [4.78, 5) is 30.5. The number of hydrogen-bond acceptors (Lipinski definition) is 4. The van der Waals surface area contributed by atoms with Crippen molar-refractivity contribution >= 4 is 55.1 Å². The molecule has 0 radical (unpaired) electrons. The minimum absolute atomic E-state index is 0.0291. The summed E-state index contributed by atoms with van der Waals surface area (Å²) in [7, 11) is -4.21. The lowest BCUT2D eigenvalue weighted by atomic mass is 9.94. The molecule has 47 heavy (non-hydrogen) atoms. The van der Waals surface area contributed by atoms with Gasteiger partial charge in [-0.3, -0.25) is 13.9 Å². The van der Waals surface area contributed by atoms with Gasteiger partial charge in [-0.2, -0.15) is 0 Å². The second-order valence-corrected chi connectivity index (χ2v) is 15.2. The van der Waals surface area contributed by atoms with Crippen molar-refractivity contribution < 1.29 is 18.0 Å². The third kappa shape index (κ3) is 9.03. The largest absolute Gasteiger partial charge is 0.352 e. The van der Waals surface area contributed by atoms with Crippen LogP contribution in [0.1, 0.15) is 48.8 Å². The minimum atomic E-state index is -4.21. The maximum absolute atomic E-state index is 14.7. The molecule has 1 aliphatic carbocycles. The summed E-state index contributed by atoms with van der Waals surface area (Å²) in [5.74, 6) is -0.760. The fourth-order valence-corrected chi connectivity index (χ4v) is 8.12. The average Bonchev–Trinajstić information content (AvgIpc) is 3.07. The van der Waals surface area contributed by atoms with E-state index in [-0.39, 0.29) is 29.8 Å². The number of hydrogen-bond donors (Lipinski definition) is 1. The topological polar surface area (TPSA) is 86.8 Å². The number of aryl methyl sites for hydroxylation is 1. The first kappa shape index (κ1) is 34.7. The minimum Gasteiger partial charge on any atom is -0.352 e. The van der Waals surface area contributed by atoms with Crippen LogP contribution in [0.4, 0.5) is 5.69 Å². The van der Waals surface area contributed by atoms with E-state index in [1.165, 1.54) is 17.0 Å². The Morgan fingerprint density at radius 3 is 2.21 bits per heavy atom. The molecular weight excluding hydrogens is 698 g/mol. The molecule has 5 rings (SSSR count). The van der Waals surface area contributed by atoms with E-state index in [1.54, 1.807) is 43.3 Å². The molecule has 7 nitrogen and oxygen atoms in total. The van der Waals surface area contributed by atoms with E-state index in [0.29, 0.717) is 16.3 Å². The highest BCUT2D eigenvalue weighted by Crippen LogP contribution is 2.30. The maximum atomic E-state index is 14.7. The van der Waals surface area contributed by atoms with Crippen LogP contribution >= 0.6 is 27.5 Å². The molecule has 0 aliphatic heterocycles. The number of benzene rings is 4. The molecule has 1 aliphatic rings. The van der Waals surface area contributed by atoms with Crippen molar-refractivity contribution in [2.75, 3.05) is 10.8 Å². The van der Waals surface area contributed by atoms with Crippen LogP contribution in [0.5, 0.6) is 0 Å². The van der Waals surface area contributed by atoms with Crippen molar-refractivity contribution in [2.24, 2.45) is 0 Å². The molecular formula is C37H39BrClN3O4S. The Bertz CT molecular complexity index is 1780. The molecule has 1 atom stereocenters. The lowest BCUT2D eigenvalue weighted by Gasteiger charge is -2.35. The van der Waals surface area contributed by atoms with E-state index >= 15 is 0 Å². The number of carbonyl (C=O) groups excluding carboxylic acids is 2. The number of nitrogens with zero attached hydrogens (tertiary/aromatic N) is 2. The van der Waals surface area contributed by atoms with Gasteiger partial charge in [-0.25, -0.2) is 8.42 Å². The summed E-state index contributed by atoms with van der Waals surface area (Å²) in [5.41, 5.74) is 2.62. The zero-order valence-corrected chi connectivity index (χ0v) is 29.5. The Labute approximate surface area is 291 Å². The molecule has 1 N–H and O–H groups in total. The second-order valence-electron chi connectivity index (χ2n) is 12.0. The standard InChI is InChI=1S/C37H39BrClN3O4S/c1-27-20-21-31(39)24-34(27)42(47(45,46)33-18-9-4-10-19-33)26-36(43)41(25-29-14-11-15-30(38)22-29)35(23-28-12-5-2-6-13-28)37(44)40-32-16-7-3-8-17-32/h2,4-6,9-15,18-22,24,32,35H,3,7-8,16-17,23,25-26H2,1H3,(H,40,44)/t35-/m1/s1. The van der Waals surface area contributed by atoms with Gasteiger partial charge in [-0.05, 0) is 72.9 Å². The van der Waals surface area contributed by atoms with E-state index in [1.807, 2.05) is 54.6 Å². The number of carbonyl (C=O) groups is 2. The van der Waals surface area contributed by atoms with Gasteiger partial charge in [0, 0.05) is 28.5 Å². The van der Waals surface area contributed by atoms with Gasteiger partial charge in [0.2, 0.25) is 11.8 Å². The predicted molar refractivity (Wildman–Crippen MR) is 191 cm³/mol. The Balaban J connectivity index is 1.58. The first-order valence-electron chi connectivity index (χ1n) is 15.8. The summed E-state index contributed by atoms with van der Waals surface area (Å²) in [5, 5.41) is 3.58. The highest BCUT2D eigenvalue weighted by molar-refractivity contribution is 9.10. The van der Waals surface area contributed by atoms with Crippen molar-refractivity contribution in [3.05, 3.63) is 129 Å². The lowest BCUT2D eigenvalue weighted by Crippen LogP contribution is -2.55. The Morgan fingerprint density at radius 1 is 0.872 bits per heavy atom. The van der Waals surface area contributed by atoms with Gasteiger partial charge in [-0.1, -0.05) is 114 Å². The van der Waals surface area contributed by atoms with Gasteiger partial charge in [0.05, 0.1) is 10.6 Å². The number of rotatable bonds is 12. The van der Waals surface area contributed by atoms with Crippen molar-refractivity contribution in [1.29, 1.82) is 0 Å². The number of nitrogens with one attached hydrogen (secondary N) is 1. The molecule has 4 aromatic carbocycles.